The zero-order valence-corrected chi connectivity index (χ0v) is 12.4. The number of aliphatic hydroxyl groups excluding tert-OH is 1. The fourth-order valence-corrected chi connectivity index (χ4v) is 2.40. The number of nitrogens with zero attached hydrogens (tertiary/aromatic N) is 2. The number of benzene rings is 1. The standard InChI is InChI=1S/C14H15BrN2O2/c1-9-5-10(15)3-4-12(9)13(18)6-11-7-14(19-2)17-8-16-11/h3-5,7-8,13,18H,6H2,1-2H3. The van der Waals surface area contributed by atoms with Crippen LogP contribution >= 0.6 is 15.9 Å². The molecule has 0 amide bonds. The van der Waals surface area contributed by atoms with E-state index >= 15 is 0 Å². The van der Waals surface area contributed by atoms with Gasteiger partial charge in [-0.15, -0.1) is 0 Å². The molecule has 0 bridgehead atoms. The summed E-state index contributed by atoms with van der Waals surface area (Å²) in [6.07, 6.45) is 1.28. The van der Waals surface area contributed by atoms with Gasteiger partial charge < -0.3 is 9.84 Å². The zero-order valence-electron chi connectivity index (χ0n) is 10.8. The number of hydrogen-bond acceptors (Lipinski definition) is 4. The molecule has 0 fully saturated rings. The number of halogens is 1. The average molecular weight is 323 g/mol. The van der Waals surface area contributed by atoms with E-state index < -0.39 is 6.10 Å². The average Bonchev–Trinajstić information content (AvgIpc) is 2.38. The fraction of sp³-hybridized carbons (Fsp3) is 0.286. The summed E-state index contributed by atoms with van der Waals surface area (Å²) >= 11 is 3.41. The normalized spacial score (nSPS) is 12.2. The van der Waals surface area contributed by atoms with Crippen LogP contribution in [0.2, 0.25) is 0 Å². The van der Waals surface area contributed by atoms with Crippen LogP contribution in [0.4, 0.5) is 0 Å². The molecular weight excluding hydrogens is 308 g/mol. The quantitative estimate of drug-likeness (QED) is 0.940. The second-order valence-corrected chi connectivity index (χ2v) is 5.19. The monoisotopic (exact) mass is 322 g/mol. The minimum absolute atomic E-state index is 0.432. The molecule has 1 aromatic carbocycles. The van der Waals surface area contributed by atoms with Crippen LogP contribution in [0.1, 0.15) is 22.9 Å². The maximum absolute atomic E-state index is 10.3. The SMILES string of the molecule is COc1cc(CC(O)c2ccc(Br)cc2C)ncn1. The molecule has 0 aliphatic heterocycles. The molecule has 1 N–H and O–H groups in total. The van der Waals surface area contributed by atoms with Crippen LogP contribution in [0, 0.1) is 6.92 Å². The van der Waals surface area contributed by atoms with Crippen molar-refractivity contribution in [2.75, 3.05) is 7.11 Å². The highest BCUT2D eigenvalue weighted by Crippen LogP contribution is 2.24. The van der Waals surface area contributed by atoms with Gasteiger partial charge in [-0.05, 0) is 30.2 Å². The summed E-state index contributed by atoms with van der Waals surface area (Å²) in [4.78, 5) is 8.09. The molecule has 1 unspecified atom stereocenters. The number of hydrogen-bond donors (Lipinski definition) is 1. The lowest BCUT2D eigenvalue weighted by Gasteiger charge is -2.13. The summed E-state index contributed by atoms with van der Waals surface area (Å²) in [6, 6.07) is 7.56. The Bertz CT molecular complexity index is 575. The second-order valence-electron chi connectivity index (χ2n) is 4.27. The lowest BCUT2D eigenvalue weighted by atomic mass is 10.00. The van der Waals surface area contributed by atoms with E-state index in [-0.39, 0.29) is 0 Å². The van der Waals surface area contributed by atoms with Crippen molar-refractivity contribution in [1.82, 2.24) is 9.97 Å². The van der Waals surface area contributed by atoms with E-state index in [2.05, 4.69) is 25.9 Å². The van der Waals surface area contributed by atoms with E-state index in [1.165, 1.54) is 6.33 Å². The molecule has 2 rings (SSSR count). The number of rotatable bonds is 4. The minimum Gasteiger partial charge on any atom is -0.481 e. The van der Waals surface area contributed by atoms with Gasteiger partial charge in [-0.2, -0.15) is 0 Å². The lowest BCUT2D eigenvalue weighted by molar-refractivity contribution is 0.176. The third-order valence-corrected chi connectivity index (χ3v) is 3.39. The third-order valence-electron chi connectivity index (χ3n) is 2.90. The number of aliphatic hydroxyl groups is 1. The second kappa shape index (κ2) is 6.12. The molecule has 2 aromatic rings. The first-order chi connectivity index (χ1) is 9.10. The van der Waals surface area contributed by atoms with Crippen molar-refractivity contribution in [3.8, 4) is 5.88 Å². The van der Waals surface area contributed by atoms with E-state index in [1.807, 2.05) is 25.1 Å². The highest BCUT2D eigenvalue weighted by Gasteiger charge is 2.13. The molecule has 0 radical (unpaired) electrons. The van der Waals surface area contributed by atoms with Crippen LogP contribution in [0.15, 0.2) is 35.1 Å². The van der Waals surface area contributed by atoms with Crippen LogP contribution in [0.25, 0.3) is 0 Å². The van der Waals surface area contributed by atoms with Crippen molar-refractivity contribution in [2.45, 2.75) is 19.4 Å². The molecule has 1 aromatic heterocycles. The predicted octanol–water partition coefficient (Wildman–Crippen LogP) is 2.83. The Labute approximate surface area is 120 Å². The molecule has 1 heterocycles. The van der Waals surface area contributed by atoms with Crippen molar-refractivity contribution in [2.24, 2.45) is 0 Å². The summed E-state index contributed by atoms with van der Waals surface area (Å²) in [5, 5.41) is 10.3. The summed E-state index contributed by atoms with van der Waals surface area (Å²) in [5.41, 5.74) is 2.70. The number of aromatic nitrogens is 2. The van der Waals surface area contributed by atoms with Gasteiger partial charge in [-0.3, -0.25) is 0 Å². The number of methoxy groups -OCH3 is 1. The Kier molecular flexibility index (Phi) is 4.50. The van der Waals surface area contributed by atoms with Crippen molar-refractivity contribution < 1.29 is 9.84 Å². The Morgan fingerprint density at radius 1 is 1.32 bits per heavy atom. The molecule has 5 heteroatoms. The Morgan fingerprint density at radius 3 is 2.79 bits per heavy atom. The highest BCUT2D eigenvalue weighted by molar-refractivity contribution is 9.10. The Hall–Kier alpha value is -1.46. The molecule has 1 atom stereocenters. The summed E-state index contributed by atoms with van der Waals surface area (Å²) < 4.78 is 6.05. The Balaban J connectivity index is 2.17. The van der Waals surface area contributed by atoms with Gasteiger partial charge in [-0.25, -0.2) is 9.97 Å². The van der Waals surface area contributed by atoms with Crippen LogP contribution < -0.4 is 4.74 Å². The summed E-state index contributed by atoms with van der Waals surface area (Å²) in [7, 11) is 1.56. The number of ether oxygens (including phenoxy) is 1. The molecule has 4 nitrogen and oxygen atoms in total. The van der Waals surface area contributed by atoms with E-state index in [4.69, 9.17) is 4.74 Å². The number of aryl methyl sites for hydroxylation is 1. The van der Waals surface area contributed by atoms with Gasteiger partial charge in [0, 0.05) is 17.0 Å². The van der Waals surface area contributed by atoms with Crippen LogP contribution in [0.5, 0.6) is 5.88 Å². The maximum atomic E-state index is 10.3. The minimum atomic E-state index is -0.590. The van der Waals surface area contributed by atoms with Crippen LogP contribution in [-0.2, 0) is 6.42 Å². The third kappa shape index (κ3) is 3.52. The van der Waals surface area contributed by atoms with Gasteiger partial charge in [0.15, 0.2) is 0 Å². The fourth-order valence-electron chi connectivity index (χ4n) is 1.92. The first-order valence-corrected chi connectivity index (χ1v) is 6.68. The van der Waals surface area contributed by atoms with Crippen molar-refractivity contribution in [1.29, 1.82) is 0 Å². The van der Waals surface area contributed by atoms with Gasteiger partial charge in [0.1, 0.15) is 6.33 Å². The van der Waals surface area contributed by atoms with Crippen LogP contribution in [-0.4, -0.2) is 22.2 Å². The van der Waals surface area contributed by atoms with Gasteiger partial charge in [-0.1, -0.05) is 22.0 Å². The van der Waals surface area contributed by atoms with Crippen molar-refractivity contribution in [3.05, 3.63) is 51.9 Å². The molecular formula is C14H15BrN2O2. The molecule has 19 heavy (non-hydrogen) atoms. The maximum Gasteiger partial charge on any atom is 0.216 e. The van der Waals surface area contributed by atoms with Gasteiger partial charge in [0.2, 0.25) is 5.88 Å². The molecule has 100 valence electrons. The molecule has 0 spiro atoms. The Morgan fingerprint density at radius 2 is 2.11 bits per heavy atom. The zero-order chi connectivity index (χ0) is 13.8. The molecule has 0 aliphatic carbocycles. The van der Waals surface area contributed by atoms with E-state index in [1.54, 1.807) is 13.2 Å². The first kappa shape index (κ1) is 14.0. The topological polar surface area (TPSA) is 55.2 Å². The van der Waals surface area contributed by atoms with E-state index in [0.29, 0.717) is 12.3 Å². The predicted molar refractivity (Wildman–Crippen MR) is 76.1 cm³/mol. The summed E-state index contributed by atoms with van der Waals surface area (Å²) in [5.74, 6) is 0.504. The van der Waals surface area contributed by atoms with E-state index in [9.17, 15) is 5.11 Å². The first-order valence-electron chi connectivity index (χ1n) is 5.89. The van der Waals surface area contributed by atoms with E-state index in [0.717, 1.165) is 21.3 Å². The lowest BCUT2D eigenvalue weighted by Crippen LogP contribution is -2.06. The molecule has 0 saturated carbocycles. The van der Waals surface area contributed by atoms with Crippen molar-refractivity contribution in [3.63, 3.8) is 0 Å². The smallest absolute Gasteiger partial charge is 0.216 e. The summed E-state index contributed by atoms with van der Waals surface area (Å²) in [6.45, 7) is 1.98. The largest absolute Gasteiger partial charge is 0.481 e. The highest BCUT2D eigenvalue weighted by atomic mass is 79.9. The van der Waals surface area contributed by atoms with Gasteiger partial charge >= 0.3 is 0 Å². The van der Waals surface area contributed by atoms with Gasteiger partial charge in [0.25, 0.3) is 0 Å². The van der Waals surface area contributed by atoms with Gasteiger partial charge in [0.05, 0.1) is 18.9 Å². The van der Waals surface area contributed by atoms with Crippen LogP contribution in [0.3, 0.4) is 0 Å². The molecule has 0 aliphatic rings. The van der Waals surface area contributed by atoms with Crippen molar-refractivity contribution >= 4 is 15.9 Å². The molecule has 0 saturated heterocycles.